The number of amides is 2. The van der Waals surface area contributed by atoms with Crippen LogP contribution in [-0.2, 0) is 29.1 Å². The average Bonchev–Trinajstić information content (AvgIpc) is 3.10. The van der Waals surface area contributed by atoms with Crippen LogP contribution in [0.4, 0.5) is 0 Å². The molecule has 35 heavy (non-hydrogen) atoms. The molecule has 2 fully saturated rings. The van der Waals surface area contributed by atoms with Crippen LogP contribution in [0.1, 0.15) is 40.5 Å². The Morgan fingerprint density at radius 1 is 0.743 bits per heavy atom. The molecule has 0 saturated carbocycles. The number of carbonyl (C=O) groups excluding carboxylic acids is 2. The Morgan fingerprint density at radius 3 is 1.34 bits per heavy atom. The van der Waals surface area contributed by atoms with Crippen molar-refractivity contribution < 1.29 is 47.9 Å². The van der Waals surface area contributed by atoms with Crippen LogP contribution in [0.3, 0.4) is 0 Å². The third-order valence-corrected chi connectivity index (χ3v) is 7.07. The van der Waals surface area contributed by atoms with E-state index in [0.29, 0.717) is 0 Å². The number of aliphatic hydroxyl groups excluding tert-OH is 4. The van der Waals surface area contributed by atoms with Crippen LogP contribution in [0, 0.1) is 0 Å². The van der Waals surface area contributed by atoms with Gasteiger partial charge in [0.2, 0.25) is 21.8 Å². The van der Waals surface area contributed by atoms with Gasteiger partial charge in [0.25, 0.3) is 0 Å². The van der Waals surface area contributed by atoms with Crippen LogP contribution in [0.25, 0.3) is 0 Å². The minimum absolute atomic E-state index is 0.129. The fourth-order valence-electron chi connectivity index (χ4n) is 4.16. The highest BCUT2D eigenvalue weighted by molar-refractivity contribution is 7.88. The summed E-state index contributed by atoms with van der Waals surface area (Å²) in [6, 6.07) is -0.257. The van der Waals surface area contributed by atoms with Crippen LogP contribution < -0.4 is 10.6 Å². The lowest BCUT2D eigenvalue weighted by molar-refractivity contribution is -0.126. The molecule has 0 radical (unpaired) electrons. The van der Waals surface area contributed by atoms with Crippen molar-refractivity contribution in [3.63, 3.8) is 0 Å². The van der Waals surface area contributed by atoms with Gasteiger partial charge < -0.3 is 40.5 Å². The molecule has 0 bridgehead atoms. The lowest BCUT2D eigenvalue weighted by Gasteiger charge is -2.28. The zero-order valence-electron chi connectivity index (χ0n) is 20.7. The number of hydrogen-bond donors (Lipinski definition) is 6. The number of rotatable bonds is 11. The molecule has 0 aliphatic carbocycles. The normalized spacial score (nSPS) is 33.6. The second-order valence-electron chi connectivity index (χ2n) is 9.82. The van der Waals surface area contributed by atoms with E-state index in [4.69, 9.17) is 9.47 Å². The van der Waals surface area contributed by atoms with Gasteiger partial charge in [0.1, 0.15) is 36.6 Å². The van der Waals surface area contributed by atoms with E-state index in [1.807, 2.05) is 0 Å². The van der Waals surface area contributed by atoms with E-state index in [9.17, 15) is 38.4 Å². The molecule has 0 aromatic heterocycles. The van der Waals surface area contributed by atoms with Gasteiger partial charge in [-0.1, -0.05) is 0 Å². The molecule has 14 heteroatoms. The van der Waals surface area contributed by atoms with Crippen molar-refractivity contribution in [2.45, 2.75) is 101 Å². The van der Waals surface area contributed by atoms with Crippen molar-refractivity contribution in [2.75, 3.05) is 19.3 Å². The van der Waals surface area contributed by atoms with Crippen LogP contribution in [0.5, 0.6) is 0 Å². The van der Waals surface area contributed by atoms with E-state index in [2.05, 4.69) is 10.6 Å². The topological polar surface area (TPSA) is 195 Å². The standard InChI is InChI=1S/C21H39N3O10S/c1-10(2)22-16(25)6-12-18(27)20(29)14(33-12)8-24(35(5,31)32)9-15-21(30)19(28)13(34-15)7-17(26)23-11(3)4/h10-15,18-21,27-30H,6-9H2,1-5H3,(H,22,25)(H,23,26). The first-order chi connectivity index (χ1) is 16.1. The summed E-state index contributed by atoms with van der Waals surface area (Å²) < 4.78 is 37.0. The molecule has 2 aliphatic heterocycles. The molecular weight excluding hydrogens is 486 g/mol. The number of sulfonamides is 1. The van der Waals surface area contributed by atoms with Gasteiger partial charge in [0, 0.05) is 25.2 Å². The predicted octanol–water partition coefficient (Wildman–Crippen LogP) is -2.94. The first kappa shape index (κ1) is 29.8. The molecule has 2 rings (SSSR count). The van der Waals surface area contributed by atoms with Gasteiger partial charge >= 0.3 is 0 Å². The molecule has 2 saturated heterocycles. The third-order valence-electron chi connectivity index (χ3n) is 5.83. The van der Waals surface area contributed by atoms with E-state index in [-0.39, 0.29) is 49.8 Å². The summed E-state index contributed by atoms with van der Waals surface area (Å²) in [5.41, 5.74) is 0. The zero-order chi connectivity index (χ0) is 26.7. The van der Waals surface area contributed by atoms with Crippen LogP contribution in [-0.4, -0.2) is 125 Å². The summed E-state index contributed by atoms with van der Waals surface area (Å²) in [6.45, 7) is 6.29. The second kappa shape index (κ2) is 12.2. The van der Waals surface area contributed by atoms with Crippen LogP contribution in [0.2, 0.25) is 0 Å². The Labute approximate surface area is 205 Å². The molecule has 2 aliphatic rings. The number of ether oxygens (including phenoxy) is 2. The summed E-state index contributed by atoms with van der Waals surface area (Å²) in [6.07, 6.45) is -9.60. The first-order valence-electron chi connectivity index (χ1n) is 11.7. The highest BCUT2D eigenvalue weighted by Crippen LogP contribution is 2.28. The monoisotopic (exact) mass is 525 g/mol. The second-order valence-corrected chi connectivity index (χ2v) is 11.8. The SMILES string of the molecule is CC(C)NC(=O)CC1OC(CN(CC2OC(CC(=O)NC(C)C)C(O)C2O)S(C)(=O)=O)C(O)C1O. The zero-order valence-corrected chi connectivity index (χ0v) is 21.5. The third kappa shape index (κ3) is 8.32. The summed E-state index contributed by atoms with van der Waals surface area (Å²) in [5.74, 6) is -0.776. The van der Waals surface area contributed by atoms with E-state index in [1.165, 1.54) is 0 Å². The van der Waals surface area contributed by atoms with Crippen LogP contribution in [0.15, 0.2) is 0 Å². The highest BCUT2D eigenvalue weighted by atomic mass is 32.2. The van der Waals surface area contributed by atoms with Crippen LogP contribution >= 0.6 is 0 Å². The molecule has 0 aromatic carbocycles. The van der Waals surface area contributed by atoms with E-state index in [0.717, 1.165) is 10.6 Å². The quantitative estimate of drug-likeness (QED) is 0.162. The minimum Gasteiger partial charge on any atom is -0.388 e. The van der Waals surface area contributed by atoms with Gasteiger partial charge in [0.15, 0.2) is 0 Å². The van der Waals surface area contributed by atoms with Crippen molar-refractivity contribution in [2.24, 2.45) is 0 Å². The summed E-state index contributed by atoms with van der Waals surface area (Å²) >= 11 is 0. The Bertz CT molecular complexity index is 787. The highest BCUT2D eigenvalue weighted by Gasteiger charge is 2.48. The average molecular weight is 526 g/mol. The molecule has 8 unspecified atom stereocenters. The molecule has 6 N–H and O–H groups in total. The number of hydrogen-bond acceptors (Lipinski definition) is 10. The van der Waals surface area contributed by atoms with Crippen molar-refractivity contribution in [1.82, 2.24) is 14.9 Å². The largest absolute Gasteiger partial charge is 0.388 e. The number of nitrogens with zero attached hydrogens (tertiary/aromatic N) is 1. The molecule has 8 atom stereocenters. The lowest BCUT2D eigenvalue weighted by Crippen LogP contribution is -2.47. The van der Waals surface area contributed by atoms with Gasteiger partial charge in [-0.05, 0) is 27.7 Å². The maximum atomic E-state index is 12.4. The molecular formula is C21H39N3O10S. The van der Waals surface area contributed by atoms with Crippen molar-refractivity contribution in [3.05, 3.63) is 0 Å². The Kier molecular flexibility index (Phi) is 10.4. The maximum Gasteiger partial charge on any atom is 0.222 e. The van der Waals surface area contributed by atoms with Gasteiger partial charge in [-0.2, -0.15) is 4.31 Å². The van der Waals surface area contributed by atoms with E-state index in [1.54, 1.807) is 27.7 Å². The first-order valence-corrected chi connectivity index (χ1v) is 13.5. The Balaban J connectivity index is 2.05. The van der Waals surface area contributed by atoms with Gasteiger partial charge in [-0.3, -0.25) is 9.59 Å². The summed E-state index contributed by atoms with van der Waals surface area (Å²) in [7, 11) is -3.91. The van der Waals surface area contributed by atoms with Crippen molar-refractivity contribution >= 4 is 21.8 Å². The number of aliphatic hydroxyl groups is 4. The van der Waals surface area contributed by atoms with Gasteiger partial charge in [-0.15, -0.1) is 0 Å². The molecule has 0 aromatic rings. The maximum absolute atomic E-state index is 12.4. The van der Waals surface area contributed by atoms with Gasteiger partial charge in [-0.25, -0.2) is 8.42 Å². The Morgan fingerprint density at radius 2 is 1.06 bits per heavy atom. The number of carbonyl (C=O) groups is 2. The van der Waals surface area contributed by atoms with Gasteiger partial charge in [0.05, 0.1) is 31.3 Å². The molecule has 13 nitrogen and oxygen atoms in total. The molecule has 0 spiro atoms. The molecule has 2 heterocycles. The number of nitrogens with one attached hydrogen (secondary N) is 2. The fraction of sp³-hybridized carbons (Fsp3) is 0.905. The predicted molar refractivity (Wildman–Crippen MR) is 124 cm³/mol. The Hall–Kier alpha value is -1.39. The van der Waals surface area contributed by atoms with E-state index >= 15 is 0 Å². The van der Waals surface area contributed by atoms with Crippen molar-refractivity contribution in [1.29, 1.82) is 0 Å². The summed E-state index contributed by atoms with van der Waals surface area (Å²) in [4.78, 5) is 24.1. The fourth-order valence-corrected chi connectivity index (χ4v) is 5.00. The molecule has 2 amide bonds. The van der Waals surface area contributed by atoms with Crippen molar-refractivity contribution in [3.8, 4) is 0 Å². The lowest BCUT2D eigenvalue weighted by atomic mass is 10.0. The summed E-state index contributed by atoms with van der Waals surface area (Å²) in [5, 5.41) is 46.8. The smallest absolute Gasteiger partial charge is 0.222 e. The van der Waals surface area contributed by atoms with E-state index < -0.39 is 58.9 Å². The molecule has 204 valence electrons. The minimum atomic E-state index is -3.91.